The third kappa shape index (κ3) is 6.80. The molecule has 0 spiro atoms. The van der Waals surface area contributed by atoms with Gasteiger partial charge in [-0.1, -0.05) is 11.8 Å². The number of aliphatic hydroxyl groups is 1. The van der Waals surface area contributed by atoms with E-state index in [9.17, 15) is 45.0 Å². The molecule has 18 heteroatoms. The quantitative estimate of drug-likeness (QED) is 0.0744. The molecule has 1 heterocycles. The number of nitrogens with two attached hydrogens (primary N) is 1. The monoisotopic (exact) mass is 576 g/mol. The largest absolute Gasteiger partial charge is 0.460 e. The van der Waals surface area contributed by atoms with Gasteiger partial charge in [0.05, 0.1) is 31.0 Å². The van der Waals surface area contributed by atoms with Gasteiger partial charge in [-0.05, 0) is 31.2 Å². The molecule has 6 N–H and O–H groups in total. The summed E-state index contributed by atoms with van der Waals surface area (Å²) in [5.74, 6) is -10.8. The number of thioether (sulfide) groups is 1. The van der Waals surface area contributed by atoms with Crippen LogP contribution in [0.3, 0.4) is 0 Å². The zero-order chi connectivity index (χ0) is 29.1. The number of hydrogen-bond donors (Lipinski definition) is 5. The summed E-state index contributed by atoms with van der Waals surface area (Å²) in [5, 5.41) is 19.9. The molecule has 1 amide bonds. The lowest BCUT2D eigenvalue weighted by atomic mass is 10.0. The lowest BCUT2D eigenvalue weighted by molar-refractivity contribution is -0.359. The summed E-state index contributed by atoms with van der Waals surface area (Å²) in [6.07, 6.45) is -7.68. The number of anilines is 2. The van der Waals surface area contributed by atoms with Crippen LogP contribution in [0.4, 0.5) is 46.6 Å². The number of amidine groups is 1. The van der Waals surface area contributed by atoms with Crippen molar-refractivity contribution in [2.45, 2.75) is 35.9 Å². The minimum atomic E-state index is -6.64. The van der Waals surface area contributed by atoms with Crippen molar-refractivity contribution in [3.8, 4) is 0 Å². The molecule has 0 aliphatic carbocycles. The molecular weight excluding hydrogens is 556 g/mol. The SMILES string of the molecule is CONc1ccc(SC(=N)N(N)C[C@H](C)O)c(C(=O)Nc2ncc(C(F)(F)C(F)(F)C(F)(F)F)cc2F)c1. The summed E-state index contributed by atoms with van der Waals surface area (Å²) >= 11 is 0.642. The number of carbonyl (C=O) groups excluding carboxylic acids is 1. The van der Waals surface area contributed by atoms with E-state index in [0.29, 0.717) is 11.8 Å². The Morgan fingerprint density at radius 3 is 2.39 bits per heavy atom. The number of halogens is 8. The average Bonchev–Trinajstić information content (AvgIpc) is 2.80. The molecule has 0 radical (unpaired) electrons. The Hall–Kier alpha value is -3.22. The Morgan fingerprint density at radius 1 is 1.24 bits per heavy atom. The van der Waals surface area contributed by atoms with Crippen molar-refractivity contribution in [1.82, 2.24) is 9.99 Å². The second kappa shape index (κ2) is 11.7. The first-order valence-corrected chi connectivity index (χ1v) is 10.9. The van der Waals surface area contributed by atoms with Crippen LogP contribution >= 0.6 is 11.8 Å². The lowest BCUT2D eigenvalue weighted by Gasteiger charge is -2.28. The number of nitrogens with one attached hydrogen (secondary N) is 3. The van der Waals surface area contributed by atoms with E-state index in [1.165, 1.54) is 32.2 Å². The number of pyridine rings is 1. The zero-order valence-corrected chi connectivity index (χ0v) is 20.2. The van der Waals surface area contributed by atoms with Crippen molar-refractivity contribution in [2.75, 3.05) is 24.5 Å². The molecule has 9 nitrogen and oxygen atoms in total. The highest BCUT2D eigenvalue weighted by Crippen LogP contribution is 2.51. The first-order chi connectivity index (χ1) is 17.4. The van der Waals surface area contributed by atoms with E-state index in [4.69, 9.17) is 16.1 Å². The van der Waals surface area contributed by atoms with Crippen LogP contribution in [0.2, 0.25) is 0 Å². The van der Waals surface area contributed by atoms with Crippen LogP contribution in [0.15, 0.2) is 35.4 Å². The topological polar surface area (TPSA) is 137 Å². The van der Waals surface area contributed by atoms with Gasteiger partial charge in [0.2, 0.25) is 0 Å². The number of amides is 1. The van der Waals surface area contributed by atoms with Crippen molar-refractivity contribution in [3.05, 3.63) is 47.4 Å². The molecule has 1 aromatic carbocycles. The third-order valence-corrected chi connectivity index (χ3v) is 5.56. The van der Waals surface area contributed by atoms with Gasteiger partial charge in [0.25, 0.3) is 5.91 Å². The number of alkyl halides is 7. The third-order valence-electron chi connectivity index (χ3n) is 4.56. The molecule has 2 aromatic rings. The van der Waals surface area contributed by atoms with Crippen molar-refractivity contribution in [3.63, 3.8) is 0 Å². The van der Waals surface area contributed by atoms with Gasteiger partial charge in [-0.3, -0.25) is 25.5 Å². The van der Waals surface area contributed by atoms with Crippen LogP contribution in [-0.2, 0) is 10.8 Å². The van der Waals surface area contributed by atoms with Gasteiger partial charge < -0.3 is 10.4 Å². The minimum Gasteiger partial charge on any atom is -0.392 e. The number of carbonyl (C=O) groups is 1. The first kappa shape index (κ1) is 31.0. The highest BCUT2D eigenvalue weighted by molar-refractivity contribution is 8.13. The Kier molecular flexibility index (Phi) is 9.52. The second-order valence-electron chi connectivity index (χ2n) is 7.58. The van der Waals surface area contributed by atoms with Crippen LogP contribution in [0.5, 0.6) is 0 Å². The van der Waals surface area contributed by atoms with Crippen LogP contribution in [0.25, 0.3) is 0 Å². The molecule has 210 valence electrons. The average molecular weight is 576 g/mol. The fourth-order valence-corrected chi connectivity index (χ4v) is 3.54. The fraction of sp³-hybridized carbons (Fsp3) is 0.350. The Balaban J connectivity index is 2.38. The van der Waals surface area contributed by atoms with Gasteiger partial charge in [-0.2, -0.15) is 30.7 Å². The van der Waals surface area contributed by atoms with Crippen molar-refractivity contribution in [2.24, 2.45) is 5.84 Å². The molecule has 1 aromatic heterocycles. The van der Waals surface area contributed by atoms with Crippen LogP contribution in [-0.4, -0.2) is 58.0 Å². The van der Waals surface area contributed by atoms with Crippen molar-refractivity contribution in [1.29, 1.82) is 5.41 Å². The predicted octanol–water partition coefficient (Wildman–Crippen LogP) is 4.32. The maximum absolute atomic E-state index is 14.4. The molecule has 38 heavy (non-hydrogen) atoms. The number of rotatable bonds is 9. The van der Waals surface area contributed by atoms with Crippen molar-refractivity contribution >= 4 is 34.3 Å². The highest BCUT2D eigenvalue weighted by Gasteiger charge is 2.73. The lowest BCUT2D eigenvalue weighted by Crippen LogP contribution is -2.50. The highest BCUT2D eigenvalue weighted by atomic mass is 32.2. The zero-order valence-electron chi connectivity index (χ0n) is 19.3. The number of hydrogen-bond acceptors (Lipinski definition) is 8. The molecule has 1 atom stereocenters. The number of hydrazine groups is 1. The number of aliphatic hydroxyl groups excluding tert-OH is 1. The van der Waals surface area contributed by atoms with Gasteiger partial charge in [-0.15, -0.1) is 0 Å². The Labute approximate surface area is 213 Å². The minimum absolute atomic E-state index is 0.0589. The van der Waals surface area contributed by atoms with E-state index >= 15 is 0 Å². The maximum atomic E-state index is 14.4. The summed E-state index contributed by atoms with van der Waals surface area (Å²) in [5.41, 5.74) is 0.271. The molecule has 0 bridgehead atoms. The molecule has 2 rings (SSSR count). The Morgan fingerprint density at radius 2 is 1.87 bits per heavy atom. The smallest absolute Gasteiger partial charge is 0.392 e. The summed E-state index contributed by atoms with van der Waals surface area (Å²) in [6, 6.07) is 3.62. The van der Waals surface area contributed by atoms with Crippen LogP contribution in [0, 0.1) is 11.2 Å². The molecule has 0 saturated heterocycles. The van der Waals surface area contributed by atoms with E-state index in [0.717, 1.165) is 5.01 Å². The molecule has 0 aliphatic rings. The summed E-state index contributed by atoms with van der Waals surface area (Å²) in [7, 11) is 1.25. The maximum Gasteiger partial charge on any atom is 0.460 e. The van der Waals surface area contributed by atoms with E-state index in [-0.39, 0.29) is 40.1 Å². The van der Waals surface area contributed by atoms with E-state index in [1.54, 1.807) is 0 Å². The fourth-order valence-electron chi connectivity index (χ4n) is 2.74. The Bertz CT molecular complexity index is 1180. The second-order valence-corrected chi connectivity index (χ2v) is 8.61. The summed E-state index contributed by atoms with van der Waals surface area (Å²) < 4.78 is 106. The summed E-state index contributed by atoms with van der Waals surface area (Å²) in [4.78, 5) is 20.7. The predicted molar refractivity (Wildman–Crippen MR) is 120 cm³/mol. The molecule has 0 fully saturated rings. The number of nitrogens with zero attached hydrogens (tertiary/aromatic N) is 2. The summed E-state index contributed by atoms with van der Waals surface area (Å²) in [6.45, 7) is 1.27. The molecule has 0 saturated carbocycles. The number of benzene rings is 1. The first-order valence-electron chi connectivity index (χ1n) is 10.1. The van der Waals surface area contributed by atoms with E-state index in [1.807, 2.05) is 5.32 Å². The molecular formula is C20H20F8N6O3S. The van der Waals surface area contributed by atoms with Gasteiger partial charge in [0, 0.05) is 16.7 Å². The standard InChI is InChI=1S/C20H20F8N6O3S/c1-9(35)8-34(30)17(29)38-14-4-3-11(33-37-2)6-12(14)16(36)32-15-13(21)5-10(7-31-15)18(22,23)19(24,25)20(26,27)28/h3-7,9,29,33,35H,8,30H2,1-2H3,(H,31,32,36)/t9-/m0/s1. The molecule has 0 aliphatic heterocycles. The van der Waals surface area contributed by atoms with Gasteiger partial charge in [0.1, 0.15) is 0 Å². The van der Waals surface area contributed by atoms with Crippen molar-refractivity contribution < 1.29 is 49.9 Å². The van der Waals surface area contributed by atoms with Crippen LogP contribution < -0.4 is 16.6 Å². The normalized spacial score (nSPS) is 13.2. The van der Waals surface area contributed by atoms with Gasteiger partial charge >= 0.3 is 18.0 Å². The number of aromatic nitrogens is 1. The van der Waals surface area contributed by atoms with E-state index in [2.05, 4.69) is 10.5 Å². The van der Waals surface area contributed by atoms with Gasteiger partial charge in [0.15, 0.2) is 16.8 Å². The van der Waals surface area contributed by atoms with Crippen LogP contribution in [0.1, 0.15) is 22.8 Å². The van der Waals surface area contributed by atoms with E-state index < -0.39 is 47.2 Å². The van der Waals surface area contributed by atoms with Gasteiger partial charge in [-0.25, -0.2) is 15.2 Å². The molecule has 0 unspecified atom stereocenters.